The first-order valence-corrected chi connectivity index (χ1v) is 9.43. The molecule has 3 rings (SSSR count). The summed E-state index contributed by atoms with van der Waals surface area (Å²) in [5, 5.41) is 0. The van der Waals surface area contributed by atoms with Crippen molar-refractivity contribution < 1.29 is 14.3 Å². The molecular formula is C15H18N2O3S2. The topological polar surface area (TPSA) is 52.8 Å². The molecular weight excluding hydrogens is 320 g/mol. The third kappa shape index (κ3) is 3.01. The van der Waals surface area contributed by atoms with Crippen LogP contribution in [0, 0.1) is 0 Å². The predicted molar refractivity (Wildman–Crippen MR) is 90.0 cm³/mol. The van der Waals surface area contributed by atoms with Gasteiger partial charge in [0.1, 0.15) is 13.2 Å². The zero-order chi connectivity index (χ0) is 15.5. The molecule has 0 aliphatic carbocycles. The largest absolute Gasteiger partial charge is 0.486 e. The fourth-order valence-corrected chi connectivity index (χ4v) is 3.72. The van der Waals surface area contributed by atoms with Gasteiger partial charge in [0, 0.05) is 30.9 Å². The van der Waals surface area contributed by atoms with Gasteiger partial charge >= 0.3 is 0 Å². The van der Waals surface area contributed by atoms with Crippen LogP contribution in [0.2, 0.25) is 0 Å². The number of carbonyl (C=O) groups excluding carboxylic acids is 1. The Kier molecular flexibility index (Phi) is 4.73. The number of thiazole rings is 1. The molecule has 0 N–H and O–H groups in total. The predicted octanol–water partition coefficient (Wildman–Crippen LogP) is 2.67. The van der Waals surface area contributed by atoms with E-state index >= 15 is 0 Å². The third-order valence-electron chi connectivity index (χ3n) is 3.39. The van der Waals surface area contributed by atoms with Crippen LogP contribution in [0.5, 0.6) is 11.5 Å². The van der Waals surface area contributed by atoms with Crippen LogP contribution in [-0.4, -0.2) is 35.7 Å². The summed E-state index contributed by atoms with van der Waals surface area (Å²) in [4.78, 5) is 16.7. The van der Waals surface area contributed by atoms with Gasteiger partial charge in [-0.3, -0.25) is 4.79 Å². The number of aryl methyl sites for hydroxylation is 1. The molecule has 22 heavy (non-hydrogen) atoms. The second-order valence-corrected chi connectivity index (χ2v) is 6.85. The smallest absolute Gasteiger partial charge is 0.248 e. The molecule has 5 nitrogen and oxygen atoms in total. The van der Waals surface area contributed by atoms with E-state index < -0.39 is 0 Å². The van der Waals surface area contributed by atoms with E-state index in [2.05, 4.69) is 15.8 Å². The van der Waals surface area contributed by atoms with Crippen LogP contribution in [0.15, 0.2) is 17.1 Å². The van der Waals surface area contributed by atoms with Gasteiger partial charge in [-0.05, 0) is 6.26 Å². The average Bonchev–Trinajstić information content (AvgIpc) is 2.86. The van der Waals surface area contributed by atoms with E-state index in [1.807, 2.05) is 19.1 Å². The van der Waals surface area contributed by atoms with Crippen LogP contribution in [0.25, 0.3) is 10.2 Å². The van der Waals surface area contributed by atoms with Gasteiger partial charge in [0.05, 0.1) is 10.2 Å². The van der Waals surface area contributed by atoms with E-state index in [1.165, 1.54) is 11.3 Å². The van der Waals surface area contributed by atoms with Gasteiger partial charge in [0.15, 0.2) is 16.3 Å². The van der Waals surface area contributed by atoms with Crippen LogP contribution in [0.3, 0.4) is 0 Å². The molecule has 1 aromatic heterocycles. The highest BCUT2D eigenvalue weighted by Crippen LogP contribution is 2.35. The van der Waals surface area contributed by atoms with Crippen molar-refractivity contribution in [2.45, 2.75) is 19.9 Å². The quantitative estimate of drug-likeness (QED) is 0.860. The van der Waals surface area contributed by atoms with E-state index in [-0.39, 0.29) is 5.91 Å². The molecule has 2 aromatic rings. The van der Waals surface area contributed by atoms with Gasteiger partial charge in [-0.25, -0.2) is 0 Å². The van der Waals surface area contributed by atoms with Gasteiger partial charge in [-0.15, -0.1) is 0 Å². The Balaban J connectivity index is 2.17. The van der Waals surface area contributed by atoms with E-state index in [0.717, 1.165) is 38.8 Å². The first-order chi connectivity index (χ1) is 10.7. The van der Waals surface area contributed by atoms with Gasteiger partial charge in [0.25, 0.3) is 0 Å². The normalized spacial score (nSPS) is 14.5. The Morgan fingerprint density at radius 3 is 2.77 bits per heavy atom. The van der Waals surface area contributed by atoms with Crippen molar-refractivity contribution in [1.82, 2.24) is 4.57 Å². The molecule has 1 aliphatic rings. The molecule has 0 fully saturated rings. The first kappa shape index (κ1) is 15.4. The Labute approximate surface area is 137 Å². The zero-order valence-electron chi connectivity index (χ0n) is 12.6. The van der Waals surface area contributed by atoms with Crippen molar-refractivity contribution >= 4 is 39.2 Å². The number of fused-ring (bicyclic) bond motifs is 2. The highest BCUT2D eigenvalue weighted by atomic mass is 32.2. The zero-order valence-corrected chi connectivity index (χ0v) is 14.3. The van der Waals surface area contributed by atoms with Crippen LogP contribution in [-0.2, 0) is 11.3 Å². The van der Waals surface area contributed by atoms with Crippen LogP contribution in [0.4, 0.5) is 0 Å². The van der Waals surface area contributed by atoms with E-state index in [4.69, 9.17) is 9.47 Å². The van der Waals surface area contributed by atoms with Crippen molar-refractivity contribution in [3.8, 4) is 11.5 Å². The maximum absolute atomic E-state index is 11.7. The Bertz CT molecular complexity index is 764. The lowest BCUT2D eigenvalue weighted by Gasteiger charge is -2.18. The minimum atomic E-state index is -0.0956. The monoisotopic (exact) mass is 338 g/mol. The Hall–Kier alpha value is -1.47. The maximum Gasteiger partial charge on any atom is 0.248 e. The van der Waals surface area contributed by atoms with Gasteiger partial charge in [-0.1, -0.05) is 18.3 Å². The van der Waals surface area contributed by atoms with E-state index in [0.29, 0.717) is 19.6 Å². The molecule has 118 valence electrons. The fourth-order valence-electron chi connectivity index (χ4n) is 2.28. The molecule has 0 unspecified atom stereocenters. The molecule has 0 spiro atoms. The number of nitrogens with zero attached hydrogens (tertiary/aromatic N) is 2. The number of thioether (sulfide) groups is 1. The minimum absolute atomic E-state index is 0.0956. The van der Waals surface area contributed by atoms with Gasteiger partial charge in [0.2, 0.25) is 5.91 Å². The number of carbonyl (C=O) groups is 1. The Morgan fingerprint density at radius 1 is 1.36 bits per heavy atom. The molecule has 7 heteroatoms. The van der Waals surface area contributed by atoms with Gasteiger partial charge < -0.3 is 14.0 Å². The summed E-state index contributed by atoms with van der Waals surface area (Å²) in [5.41, 5.74) is 1.05. The summed E-state index contributed by atoms with van der Waals surface area (Å²) >= 11 is 3.29. The van der Waals surface area contributed by atoms with E-state index in [9.17, 15) is 4.79 Å². The SMILES string of the molecule is CCC(=O)N=c1sc2cc3c(cc2n1CCSC)OCCO3. The molecule has 1 amide bonds. The lowest BCUT2D eigenvalue weighted by Crippen LogP contribution is -2.18. The molecule has 1 aliphatic heterocycles. The number of hydrogen-bond acceptors (Lipinski definition) is 5. The van der Waals surface area contributed by atoms with Crippen molar-refractivity contribution in [2.75, 3.05) is 25.2 Å². The summed E-state index contributed by atoms with van der Waals surface area (Å²) in [6, 6.07) is 3.98. The highest BCUT2D eigenvalue weighted by molar-refractivity contribution is 7.98. The van der Waals surface area contributed by atoms with Crippen LogP contribution >= 0.6 is 23.1 Å². The molecule has 1 aromatic carbocycles. The lowest BCUT2D eigenvalue weighted by molar-refractivity contribution is -0.117. The van der Waals surface area contributed by atoms with E-state index in [1.54, 1.807) is 11.8 Å². The lowest BCUT2D eigenvalue weighted by atomic mass is 10.2. The van der Waals surface area contributed by atoms with Crippen molar-refractivity contribution in [3.63, 3.8) is 0 Å². The first-order valence-electron chi connectivity index (χ1n) is 7.22. The number of amides is 1. The highest BCUT2D eigenvalue weighted by Gasteiger charge is 2.16. The summed E-state index contributed by atoms with van der Waals surface area (Å²) in [6.07, 6.45) is 2.49. The number of benzene rings is 1. The standard InChI is InChI=1S/C15H18N2O3S2/c1-3-14(18)16-15-17(4-7-21-2)10-8-11-12(9-13(10)22-15)20-6-5-19-11/h8-9H,3-7H2,1-2H3. The second-order valence-electron chi connectivity index (χ2n) is 4.85. The maximum atomic E-state index is 11.7. The molecule has 0 saturated carbocycles. The third-order valence-corrected chi connectivity index (χ3v) is 5.02. The van der Waals surface area contributed by atoms with Crippen LogP contribution < -0.4 is 14.3 Å². The summed E-state index contributed by atoms with van der Waals surface area (Å²) in [6.45, 7) is 3.78. The minimum Gasteiger partial charge on any atom is -0.486 e. The fraction of sp³-hybridized carbons (Fsp3) is 0.467. The van der Waals surface area contributed by atoms with Crippen molar-refractivity contribution in [3.05, 3.63) is 16.9 Å². The average molecular weight is 338 g/mol. The molecule has 0 bridgehead atoms. The van der Waals surface area contributed by atoms with Gasteiger partial charge in [-0.2, -0.15) is 16.8 Å². The number of rotatable bonds is 4. The number of hydrogen-bond donors (Lipinski definition) is 0. The molecule has 0 saturated heterocycles. The van der Waals surface area contributed by atoms with Crippen LogP contribution in [0.1, 0.15) is 13.3 Å². The summed E-state index contributed by atoms with van der Waals surface area (Å²) < 4.78 is 14.5. The summed E-state index contributed by atoms with van der Waals surface area (Å²) in [7, 11) is 0. The number of aromatic nitrogens is 1. The van der Waals surface area contributed by atoms with Crippen molar-refractivity contribution in [2.24, 2.45) is 4.99 Å². The molecule has 2 heterocycles. The second kappa shape index (κ2) is 6.75. The molecule has 0 atom stereocenters. The van der Waals surface area contributed by atoms with Crippen molar-refractivity contribution in [1.29, 1.82) is 0 Å². The Morgan fingerprint density at radius 2 is 2.09 bits per heavy atom. The molecule has 0 radical (unpaired) electrons. The number of ether oxygens (including phenoxy) is 2. The summed E-state index contributed by atoms with van der Waals surface area (Å²) in [5.74, 6) is 2.41.